The highest BCUT2D eigenvalue weighted by Gasteiger charge is 2.66. The predicted octanol–water partition coefficient (Wildman–Crippen LogP) is 3.70. The molecule has 0 bridgehead atoms. The van der Waals surface area contributed by atoms with Crippen LogP contribution in [-0.2, 0) is 15.0 Å². The summed E-state index contributed by atoms with van der Waals surface area (Å²) in [6.45, 7) is 0. The number of hydrogen-bond acceptors (Lipinski definition) is 6. The molecule has 4 heterocycles. The van der Waals surface area contributed by atoms with Gasteiger partial charge in [-0.15, -0.1) is 0 Å². The van der Waals surface area contributed by atoms with Crippen molar-refractivity contribution in [1.29, 1.82) is 0 Å². The second-order valence-electron chi connectivity index (χ2n) is 8.37. The van der Waals surface area contributed by atoms with E-state index in [1.165, 1.54) is 0 Å². The van der Waals surface area contributed by atoms with E-state index in [0.29, 0.717) is 33.5 Å². The van der Waals surface area contributed by atoms with Crippen molar-refractivity contribution < 1.29 is 23.5 Å². The lowest BCUT2D eigenvalue weighted by molar-refractivity contribution is -0.152. The molecule has 0 aliphatic carbocycles. The van der Waals surface area contributed by atoms with E-state index in [4.69, 9.17) is 13.9 Å². The molecule has 1 spiro atoms. The summed E-state index contributed by atoms with van der Waals surface area (Å²) in [4.78, 5) is 40.7. The first-order valence-corrected chi connectivity index (χ1v) is 10.6. The lowest BCUT2D eigenvalue weighted by Gasteiger charge is -2.45. The number of nitrogens with one attached hydrogen (secondary N) is 1. The van der Waals surface area contributed by atoms with Gasteiger partial charge < -0.3 is 19.2 Å². The van der Waals surface area contributed by atoms with Gasteiger partial charge in [0.15, 0.2) is 0 Å². The van der Waals surface area contributed by atoms with Crippen molar-refractivity contribution in [3.8, 4) is 11.5 Å². The molecular formula is C26H15NO6. The summed E-state index contributed by atoms with van der Waals surface area (Å²) in [5.41, 5.74) is -0.331. The molecule has 160 valence electrons. The highest BCUT2D eigenvalue weighted by atomic mass is 16.6. The molecule has 0 unspecified atom stereocenters. The fourth-order valence-corrected chi connectivity index (χ4v) is 5.52. The lowest BCUT2D eigenvalue weighted by atomic mass is 9.61. The largest absolute Gasteiger partial charge is 0.483 e. The molecule has 33 heavy (non-hydrogen) atoms. The van der Waals surface area contributed by atoms with E-state index >= 15 is 0 Å². The van der Waals surface area contributed by atoms with Gasteiger partial charge in [0.1, 0.15) is 40.1 Å². The summed E-state index contributed by atoms with van der Waals surface area (Å²) in [7, 11) is 0. The van der Waals surface area contributed by atoms with Gasteiger partial charge in [0.25, 0.3) is 0 Å². The summed E-state index contributed by atoms with van der Waals surface area (Å²) in [6, 6.07) is 21.1. The summed E-state index contributed by atoms with van der Waals surface area (Å²) >= 11 is 0. The number of carbonyl (C=O) groups is 2. The minimum absolute atomic E-state index is 0.0150. The SMILES string of the molecule is O=C1Oc2ccccc2[C@@H]2Oc3c(c(=O)oc4ccccc34)[C@@]3(C(=O)Nc4ccccc43)[C@H]12. The molecular weight excluding hydrogens is 422 g/mol. The molecule has 4 aromatic rings. The van der Waals surface area contributed by atoms with Crippen molar-refractivity contribution in [1.82, 2.24) is 0 Å². The summed E-state index contributed by atoms with van der Waals surface area (Å²) in [5.74, 6) is -1.61. The fourth-order valence-electron chi connectivity index (χ4n) is 5.52. The minimum Gasteiger partial charge on any atom is -0.483 e. The van der Waals surface area contributed by atoms with E-state index < -0.39 is 34.9 Å². The Bertz CT molecular complexity index is 1590. The highest BCUT2D eigenvalue weighted by molar-refractivity contribution is 6.13. The van der Waals surface area contributed by atoms with Gasteiger partial charge in [-0.05, 0) is 29.8 Å². The number of amides is 1. The molecule has 7 heteroatoms. The Kier molecular flexibility index (Phi) is 3.37. The quantitative estimate of drug-likeness (QED) is 0.256. The maximum atomic E-state index is 13.8. The van der Waals surface area contributed by atoms with E-state index in [2.05, 4.69) is 5.32 Å². The third-order valence-corrected chi connectivity index (χ3v) is 6.82. The molecule has 3 atom stereocenters. The Morgan fingerprint density at radius 1 is 0.848 bits per heavy atom. The summed E-state index contributed by atoms with van der Waals surface area (Å²) in [5, 5.41) is 3.42. The topological polar surface area (TPSA) is 94.8 Å². The maximum absolute atomic E-state index is 13.8. The van der Waals surface area contributed by atoms with Crippen molar-refractivity contribution in [2.24, 2.45) is 5.92 Å². The van der Waals surface area contributed by atoms with Crippen molar-refractivity contribution in [3.63, 3.8) is 0 Å². The molecule has 7 nitrogen and oxygen atoms in total. The third kappa shape index (κ3) is 2.11. The van der Waals surface area contributed by atoms with E-state index in [0.717, 1.165) is 0 Å². The van der Waals surface area contributed by atoms with Crippen molar-refractivity contribution in [3.05, 3.63) is 99.9 Å². The monoisotopic (exact) mass is 437 g/mol. The van der Waals surface area contributed by atoms with Gasteiger partial charge in [-0.25, -0.2) is 4.79 Å². The standard InChI is InChI=1S/C26H15NO6/c28-23-19-21(13-7-1-5-11-17(13)31-23)33-22-14-8-2-6-12-18(14)32-24(29)20(22)26(19)15-9-3-4-10-16(15)27-25(26)30/h1-12,19,21H,(H,27,30)/t19-,21-,26-/m0/s1. The molecule has 3 aliphatic heterocycles. The predicted molar refractivity (Wildman–Crippen MR) is 117 cm³/mol. The van der Waals surface area contributed by atoms with Crippen LogP contribution in [0.5, 0.6) is 11.5 Å². The van der Waals surface area contributed by atoms with Crippen LogP contribution in [0.15, 0.2) is 82.0 Å². The Balaban J connectivity index is 1.67. The second-order valence-corrected chi connectivity index (χ2v) is 8.37. The number of benzene rings is 3. The van der Waals surface area contributed by atoms with Crippen LogP contribution in [0, 0.1) is 5.92 Å². The zero-order valence-electron chi connectivity index (χ0n) is 17.0. The van der Waals surface area contributed by atoms with Crippen LogP contribution in [0.3, 0.4) is 0 Å². The van der Waals surface area contributed by atoms with Crippen molar-refractivity contribution >= 4 is 28.5 Å². The first-order valence-electron chi connectivity index (χ1n) is 10.6. The molecule has 0 fully saturated rings. The molecule has 1 N–H and O–H groups in total. The first-order chi connectivity index (χ1) is 16.1. The van der Waals surface area contributed by atoms with Gasteiger partial charge in [0.2, 0.25) is 5.91 Å². The average Bonchev–Trinajstić information content (AvgIpc) is 3.11. The zero-order valence-corrected chi connectivity index (χ0v) is 17.0. The van der Waals surface area contributed by atoms with Crippen LogP contribution >= 0.6 is 0 Å². The van der Waals surface area contributed by atoms with Gasteiger partial charge in [-0.3, -0.25) is 9.59 Å². The molecule has 3 aromatic carbocycles. The first kappa shape index (κ1) is 18.2. The highest BCUT2D eigenvalue weighted by Crippen LogP contribution is 2.60. The van der Waals surface area contributed by atoms with Crippen molar-refractivity contribution in [2.75, 3.05) is 5.32 Å². The number of esters is 1. The smallest absolute Gasteiger partial charge is 0.344 e. The molecule has 0 saturated carbocycles. The number of carbonyl (C=O) groups excluding carboxylic acids is 2. The zero-order chi connectivity index (χ0) is 22.3. The molecule has 7 rings (SSSR count). The minimum atomic E-state index is -1.66. The van der Waals surface area contributed by atoms with Crippen LogP contribution in [0.25, 0.3) is 11.0 Å². The van der Waals surface area contributed by atoms with Gasteiger partial charge in [-0.1, -0.05) is 48.5 Å². The van der Waals surface area contributed by atoms with Crippen LogP contribution in [0.4, 0.5) is 5.69 Å². The van der Waals surface area contributed by atoms with Gasteiger partial charge in [0, 0.05) is 11.3 Å². The van der Waals surface area contributed by atoms with Crippen LogP contribution in [0.1, 0.15) is 22.8 Å². The van der Waals surface area contributed by atoms with E-state index in [1.54, 1.807) is 60.7 Å². The fraction of sp³-hybridized carbons (Fsp3) is 0.115. The Morgan fingerprint density at radius 3 is 2.52 bits per heavy atom. The Labute approximate surface area is 186 Å². The number of para-hydroxylation sites is 3. The van der Waals surface area contributed by atoms with Gasteiger partial charge in [0.05, 0.1) is 5.39 Å². The second kappa shape index (κ2) is 6.10. The number of hydrogen-bond donors (Lipinski definition) is 1. The van der Waals surface area contributed by atoms with Crippen LogP contribution < -0.4 is 20.4 Å². The van der Waals surface area contributed by atoms with Crippen LogP contribution in [-0.4, -0.2) is 11.9 Å². The molecule has 3 aliphatic rings. The van der Waals surface area contributed by atoms with E-state index in [9.17, 15) is 14.4 Å². The Hall–Kier alpha value is -4.39. The molecule has 1 aromatic heterocycles. The summed E-state index contributed by atoms with van der Waals surface area (Å²) in [6.07, 6.45) is -0.836. The number of anilines is 1. The maximum Gasteiger partial charge on any atom is 0.344 e. The van der Waals surface area contributed by atoms with Gasteiger partial charge >= 0.3 is 11.6 Å². The third-order valence-electron chi connectivity index (χ3n) is 6.82. The normalized spacial score (nSPS) is 24.2. The van der Waals surface area contributed by atoms with E-state index in [-0.39, 0.29) is 11.3 Å². The number of rotatable bonds is 0. The van der Waals surface area contributed by atoms with Crippen LogP contribution in [0.2, 0.25) is 0 Å². The van der Waals surface area contributed by atoms with E-state index in [1.807, 2.05) is 12.1 Å². The van der Waals surface area contributed by atoms with Gasteiger partial charge in [-0.2, -0.15) is 0 Å². The average molecular weight is 437 g/mol. The molecule has 0 saturated heterocycles. The Morgan fingerprint density at radius 2 is 1.61 bits per heavy atom. The number of fused-ring (bicyclic) bond motifs is 10. The summed E-state index contributed by atoms with van der Waals surface area (Å²) < 4.78 is 17.7. The molecule has 1 amide bonds. The lowest BCUT2D eigenvalue weighted by Crippen LogP contribution is -2.57. The van der Waals surface area contributed by atoms with Crippen molar-refractivity contribution in [2.45, 2.75) is 11.5 Å². The number of ether oxygens (including phenoxy) is 2. The molecule has 0 radical (unpaired) electrons.